The lowest BCUT2D eigenvalue weighted by Gasteiger charge is -2.23. The van der Waals surface area contributed by atoms with E-state index in [-0.39, 0.29) is 5.82 Å². The average Bonchev–Trinajstić information content (AvgIpc) is 2.59. The van der Waals surface area contributed by atoms with E-state index in [0.29, 0.717) is 5.69 Å². The van der Waals surface area contributed by atoms with Gasteiger partial charge in [-0.05, 0) is 62.5 Å². The van der Waals surface area contributed by atoms with Gasteiger partial charge in [-0.25, -0.2) is 4.39 Å². The molecule has 0 aromatic heterocycles. The zero-order valence-corrected chi connectivity index (χ0v) is 13.3. The van der Waals surface area contributed by atoms with Crippen molar-refractivity contribution in [3.05, 3.63) is 54.3 Å². The second-order valence-corrected chi connectivity index (χ2v) is 6.06. The normalized spacial score (nSPS) is 15.3. The molecular weight excluding hydrogens is 289 g/mol. The average molecular weight is 313 g/mol. The molecule has 2 aromatic carbocycles. The van der Waals surface area contributed by atoms with Crippen LogP contribution in [0.4, 0.5) is 21.5 Å². The molecule has 0 radical (unpaired) electrons. The Hall–Kier alpha value is -2.07. The third-order valence-electron chi connectivity index (χ3n) is 4.40. The smallest absolute Gasteiger partial charge is 0.146 e. The lowest BCUT2D eigenvalue weighted by molar-refractivity contribution is 0.361. The topological polar surface area (TPSA) is 36.1 Å². The second-order valence-electron chi connectivity index (χ2n) is 6.06. The highest BCUT2D eigenvalue weighted by Gasteiger charge is 2.12. The van der Waals surface area contributed by atoms with Crippen LogP contribution in [-0.2, 0) is 0 Å². The quantitative estimate of drug-likeness (QED) is 0.741. The lowest BCUT2D eigenvalue weighted by atomic mass is 9.95. The molecule has 1 aliphatic heterocycles. The van der Waals surface area contributed by atoms with E-state index in [0.717, 1.165) is 36.9 Å². The fourth-order valence-corrected chi connectivity index (χ4v) is 3.04. The zero-order chi connectivity index (χ0) is 15.9. The molecule has 23 heavy (non-hydrogen) atoms. The summed E-state index contributed by atoms with van der Waals surface area (Å²) in [6, 6.07) is 14.7. The summed E-state index contributed by atoms with van der Waals surface area (Å²) in [6.07, 6.45) is 3.70. The first kappa shape index (κ1) is 15.8. The molecule has 0 aliphatic carbocycles. The molecule has 3 nitrogen and oxygen atoms in total. The summed E-state index contributed by atoms with van der Waals surface area (Å²) >= 11 is 0. The first-order chi connectivity index (χ1) is 11.3. The van der Waals surface area contributed by atoms with Crippen molar-refractivity contribution < 1.29 is 4.39 Å². The molecule has 0 atom stereocenters. The van der Waals surface area contributed by atoms with Crippen LogP contribution in [0.25, 0.3) is 0 Å². The summed E-state index contributed by atoms with van der Waals surface area (Å²) in [5, 5.41) is 10.1. The van der Waals surface area contributed by atoms with Crippen LogP contribution in [0.3, 0.4) is 0 Å². The van der Waals surface area contributed by atoms with Gasteiger partial charge in [0, 0.05) is 6.54 Å². The Morgan fingerprint density at radius 3 is 2.30 bits per heavy atom. The van der Waals surface area contributed by atoms with Gasteiger partial charge in [-0.3, -0.25) is 0 Å². The standard InChI is InChI=1S/C19H24FN3/c20-16-5-1-2-6-17(16)23-19-8-4-3-7-18(19)22-14-11-15-9-12-21-13-10-15/h1-8,15,21-23H,9-14H2. The molecular formula is C19H24FN3. The van der Waals surface area contributed by atoms with Crippen molar-refractivity contribution in [2.24, 2.45) is 5.92 Å². The maximum absolute atomic E-state index is 13.8. The van der Waals surface area contributed by atoms with E-state index in [2.05, 4.69) is 16.0 Å². The predicted molar refractivity (Wildman–Crippen MR) is 94.8 cm³/mol. The number of hydrogen-bond acceptors (Lipinski definition) is 3. The van der Waals surface area contributed by atoms with E-state index >= 15 is 0 Å². The minimum absolute atomic E-state index is 0.239. The second kappa shape index (κ2) is 7.97. The lowest BCUT2D eigenvalue weighted by Crippen LogP contribution is -2.28. The van der Waals surface area contributed by atoms with Crippen LogP contribution in [0, 0.1) is 11.7 Å². The van der Waals surface area contributed by atoms with Crippen molar-refractivity contribution in [3.8, 4) is 0 Å². The molecule has 122 valence electrons. The third kappa shape index (κ3) is 4.45. The Morgan fingerprint density at radius 1 is 0.913 bits per heavy atom. The first-order valence-electron chi connectivity index (χ1n) is 8.38. The van der Waals surface area contributed by atoms with E-state index in [1.165, 1.54) is 25.3 Å². The summed E-state index contributed by atoms with van der Waals surface area (Å²) < 4.78 is 13.8. The molecule has 1 heterocycles. The van der Waals surface area contributed by atoms with Crippen molar-refractivity contribution in [1.29, 1.82) is 0 Å². The van der Waals surface area contributed by atoms with E-state index in [4.69, 9.17) is 0 Å². The van der Waals surface area contributed by atoms with E-state index in [1.54, 1.807) is 12.1 Å². The number of piperidine rings is 1. The van der Waals surface area contributed by atoms with Crippen molar-refractivity contribution in [2.75, 3.05) is 30.3 Å². The summed E-state index contributed by atoms with van der Waals surface area (Å²) in [5.41, 5.74) is 2.42. The molecule has 0 bridgehead atoms. The van der Waals surface area contributed by atoms with Crippen molar-refractivity contribution >= 4 is 17.1 Å². The molecule has 1 aliphatic rings. The molecule has 0 spiro atoms. The highest BCUT2D eigenvalue weighted by molar-refractivity contribution is 5.74. The van der Waals surface area contributed by atoms with Gasteiger partial charge >= 0.3 is 0 Å². The Labute approximate surface area is 137 Å². The van der Waals surface area contributed by atoms with Crippen LogP contribution < -0.4 is 16.0 Å². The maximum Gasteiger partial charge on any atom is 0.146 e. The van der Waals surface area contributed by atoms with Gasteiger partial charge in [-0.15, -0.1) is 0 Å². The largest absolute Gasteiger partial charge is 0.383 e. The minimum atomic E-state index is -0.239. The van der Waals surface area contributed by atoms with Crippen LogP contribution in [0.2, 0.25) is 0 Å². The highest BCUT2D eigenvalue weighted by Crippen LogP contribution is 2.27. The molecule has 1 fully saturated rings. The third-order valence-corrected chi connectivity index (χ3v) is 4.40. The summed E-state index contributed by atoms with van der Waals surface area (Å²) in [7, 11) is 0. The van der Waals surface area contributed by atoms with Gasteiger partial charge in [-0.2, -0.15) is 0 Å². The van der Waals surface area contributed by atoms with Gasteiger partial charge in [0.1, 0.15) is 5.82 Å². The summed E-state index contributed by atoms with van der Waals surface area (Å²) in [4.78, 5) is 0. The van der Waals surface area contributed by atoms with Crippen molar-refractivity contribution in [3.63, 3.8) is 0 Å². The molecule has 2 aromatic rings. The van der Waals surface area contributed by atoms with Gasteiger partial charge in [0.2, 0.25) is 0 Å². The number of rotatable bonds is 6. The number of hydrogen-bond donors (Lipinski definition) is 3. The van der Waals surface area contributed by atoms with Gasteiger partial charge in [0.05, 0.1) is 17.1 Å². The number of anilines is 3. The van der Waals surface area contributed by atoms with E-state index < -0.39 is 0 Å². The molecule has 0 saturated carbocycles. The van der Waals surface area contributed by atoms with Crippen molar-refractivity contribution in [2.45, 2.75) is 19.3 Å². The SMILES string of the molecule is Fc1ccccc1Nc1ccccc1NCCC1CCNCC1. The van der Waals surface area contributed by atoms with Crippen LogP contribution in [0.5, 0.6) is 0 Å². The molecule has 4 heteroatoms. The van der Waals surface area contributed by atoms with Gasteiger partial charge in [0.25, 0.3) is 0 Å². The summed E-state index contributed by atoms with van der Waals surface area (Å²) in [5.74, 6) is 0.562. The van der Waals surface area contributed by atoms with E-state index in [1.807, 2.05) is 30.3 Å². The molecule has 3 rings (SSSR count). The number of para-hydroxylation sites is 3. The van der Waals surface area contributed by atoms with Crippen LogP contribution in [0.1, 0.15) is 19.3 Å². The highest BCUT2D eigenvalue weighted by atomic mass is 19.1. The summed E-state index contributed by atoms with van der Waals surface area (Å²) in [6.45, 7) is 3.22. The van der Waals surface area contributed by atoms with Gasteiger partial charge in [-0.1, -0.05) is 24.3 Å². The number of benzene rings is 2. The molecule has 1 saturated heterocycles. The Kier molecular flexibility index (Phi) is 5.48. The van der Waals surface area contributed by atoms with Crippen LogP contribution in [0.15, 0.2) is 48.5 Å². The number of nitrogens with one attached hydrogen (secondary N) is 3. The van der Waals surface area contributed by atoms with Gasteiger partial charge < -0.3 is 16.0 Å². The zero-order valence-electron chi connectivity index (χ0n) is 13.3. The van der Waals surface area contributed by atoms with Crippen LogP contribution in [-0.4, -0.2) is 19.6 Å². The Balaban J connectivity index is 1.60. The van der Waals surface area contributed by atoms with Crippen LogP contribution >= 0.6 is 0 Å². The minimum Gasteiger partial charge on any atom is -0.383 e. The van der Waals surface area contributed by atoms with Gasteiger partial charge in [0.15, 0.2) is 0 Å². The predicted octanol–water partition coefficient (Wildman–Crippen LogP) is 4.37. The van der Waals surface area contributed by atoms with E-state index in [9.17, 15) is 4.39 Å². The fourth-order valence-electron chi connectivity index (χ4n) is 3.04. The maximum atomic E-state index is 13.8. The molecule has 0 unspecified atom stereocenters. The number of halogens is 1. The first-order valence-corrected chi connectivity index (χ1v) is 8.38. The monoisotopic (exact) mass is 313 g/mol. The molecule has 0 amide bonds. The fraction of sp³-hybridized carbons (Fsp3) is 0.368. The van der Waals surface area contributed by atoms with Crippen molar-refractivity contribution in [1.82, 2.24) is 5.32 Å². The Bertz CT molecular complexity index is 624. The Morgan fingerprint density at radius 2 is 1.57 bits per heavy atom. The molecule has 3 N–H and O–H groups in total.